The molecule has 5 heteroatoms. The van der Waals surface area contributed by atoms with Crippen LogP contribution in [-0.4, -0.2) is 19.6 Å². The molecule has 0 spiro atoms. The first kappa shape index (κ1) is 11.4. The van der Waals surface area contributed by atoms with Crippen molar-refractivity contribution in [1.29, 1.82) is 0 Å². The molecule has 1 saturated carbocycles. The molecule has 1 aromatic carbocycles. The first-order valence-corrected chi connectivity index (χ1v) is 6.61. The number of sulfonamides is 1. The van der Waals surface area contributed by atoms with Crippen molar-refractivity contribution in [3.63, 3.8) is 0 Å². The lowest BCUT2D eigenvalue weighted by Gasteiger charge is -2.08. The summed E-state index contributed by atoms with van der Waals surface area (Å²) in [5.41, 5.74) is 0.0595. The van der Waals surface area contributed by atoms with Crippen LogP contribution in [0.1, 0.15) is 20.3 Å². The Bertz CT molecular complexity index is 490. The monoisotopic (exact) mass is 241 g/mol. The molecule has 1 atom stereocenters. The average Bonchev–Trinajstić information content (AvgIpc) is 2.73. The zero-order chi connectivity index (χ0) is 12.0. The number of hydrogen-bond donors (Lipinski definition) is 2. The van der Waals surface area contributed by atoms with Gasteiger partial charge in [0.15, 0.2) is 0 Å². The van der Waals surface area contributed by atoms with Gasteiger partial charge in [0, 0.05) is 6.04 Å². The van der Waals surface area contributed by atoms with E-state index in [0.29, 0.717) is 0 Å². The molecule has 0 aliphatic heterocycles. The van der Waals surface area contributed by atoms with Crippen LogP contribution in [0.2, 0.25) is 0 Å². The third-order valence-electron chi connectivity index (χ3n) is 2.96. The predicted molar refractivity (Wildman–Crippen MR) is 60.6 cm³/mol. The van der Waals surface area contributed by atoms with Crippen molar-refractivity contribution >= 4 is 10.0 Å². The molecule has 1 aliphatic carbocycles. The van der Waals surface area contributed by atoms with Crippen LogP contribution >= 0.6 is 0 Å². The summed E-state index contributed by atoms with van der Waals surface area (Å²) in [5.74, 6) is 0.0608. The molecule has 0 amide bonds. The van der Waals surface area contributed by atoms with Gasteiger partial charge in [-0.1, -0.05) is 13.8 Å². The Morgan fingerprint density at radius 2 is 1.81 bits per heavy atom. The van der Waals surface area contributed by atoms with E-state index >= 15 is 0 Å². The van der Waals surface area contributed by atoms with Crippen molar-refractivity contribution in [2.24, 2.45) is 5.41 Å². The minimum atomic E-state index is -3.45. The molecule has 1 aliphatic rings. The normalized spacial score (nSPS) is 23.0. The van der Waals surface area contributed by atoms with Crippen molar-refractivity contribution in [3.05, 3.63) is 24.3 Å². The highest BCUT2D eigenvalue weighted by atomic mass is 32.2. The number of phenolic OH excluding ortho intramolecular Hbond substituents is 1. The Morgan fingerprint density at radius 3 is 2.25 bits per heavy atom. The van der Waals surface area contributed by atoms with Crippen LogP contribution in [0.15, 0.2) is 29.2 Å². The van der Waals surface area contributed by atoms with Gasteiger partial charge < -0.3 is 5.11 Å². The van der Waals surface area contributed by atoms with Crippen LogP contribution in [0, 0.1) is 5.41 Å². The van der Waals surface area contributed by atoms with Gasteiger partial charge in [-0.05, 0) is 36.1 Å². The fourth-order valence-corrected chi connectivity index (χ4v) is 2.96. The predicted octanol–water partition coefficient (Wildman–Crippen LogP) is 1.47. The minimum absolute atomic E-state index is 0.0197. The highest BCUT2D eigenvalue weighted by molar-refractivity contribution is 7.89. The quantitative estimate of drug-likeness (QED) is 0.842. The summed E-state index contributed by atoms with van der Waals surface area (Å²) in [6.45, 7) is 4.05. The Morgan fingerprint density at radius 1 is 1.31 bits per heavy atom. The largest absolute Gasteiger partial charge is 0.508 e. The molecule has 16 heavy (non-hydrogen) atoms. The van der Waals surface area contributed by atoms with Gasteiger partial charge in [-0.15, -0.1) is 0 Å². The second kappa shape index (κ2) is 3.46. The van der Waals surface area contributed by atoms with E-state index in [-0.39, 0.29) is 22.1 Å². The van der Waals surface area contributed by atoms with Gasteiger partial charge in [-0.3, -0.25) is 0 Å². The highest BCUT2D eigenvalue weighted by Crippen LogP contribution is 2.45. The van der Waals surface area contributed by atoms with Gasteiger partial charge in [0.05, 0.1) is 4.90 Å². The third-order valence-corrected chi connectivity index (χ3v) is 4.45. The first-order chi connectivity index (χ1) is 7.31. The lowest BCUT2D eigenvalue weighted by atomic mass is 10.2. The van der Waals surface area contributed by atoms with Crippen LogP contribution in [0.25, 0.3) is 0 Å². The number of benzene rings is 1. The minimum Gasteiger partial charge on any atom is -0.508 e. The zero-order valence-corrected chi connectivity index (χ0v) is 10.1. The average molecular weight is 241 g/mol. The summed E-state index contributed by atoms with van der Waals surface area (Å²) in [6.07, 6.45) is 0.865. The second-order valence-electron chi connectivity index (χ2n) is 4.86. The van der Waals surface area contributed by atoms with Crippen molar-refractivity contribution in [2.45, 2.75) is 31.2 Å². The summed E-state index contributed by atoms with van der Waals surface area (Å²) >= 11 is 0. The third kappa shape index (κ3) is 2.20. The van der Waals surface area contributed by atoms with Crippen LogP contribution < -0.4 is 4.72 Å². The molecule has 0 aromatic heterocycles. The maximum atomic E-state index is 11.9. The molecule has 0 radical (unpaired) electrons. The van der Waals surface area contributed by atoms with E-state index in [4.69, 9.17) is 5.11 Å². The highest BCUT2D eigenvalue weighted by Gasteiger charge is 2.47. The van der Waals surface area contributed by atoms with Crippen molar-refractivity contribution in [1.82, 2.24) is 4.72 Å². The standard InChI is InChI=1S/C11H15NO3S/c1-11(2)7-10(11)12-16(14,15)9-5-3-8(13)4-6-9/h3-6,10,12-13H,7H2,1-2H3. The van der Waals surface area contributed by atoms with E-state index in [1.165, 1.54) is 24.3 Å². The SMILES string of the molecule is CC1(C)CC1NS(=O)(=O)c1ccc(O)cc1. The van der Waals surface area contributed by atoms with E-state index in [2.05, 4.69) is 4.72 Å². The maximum absolute atomic E-state index is 11.9. The summed E-state index contributed by atoms with van der Waals surface area (Å²) in [5, 5.41) is 9.08. The molecular formula is C11H15NO3S. The van der Waals surface area contributed by atoms with E-state index in [1.54, 1.807) is 0 Å². The van der Waals surface area contributed by atoms with Crippen LogP contribution in [0.4, 0.5) is 0 Å². The fourth-order valence-electron chi connectivity index (χ4n) is 1.55. The molecule has 1 aromatic rings. The van der Waals surface area contributed by atoms with Gasteiger partial charge in [-0.25, -0.2) is 13.1 Å². The number of aromatic hydroxyl groups is 1. The molecule has 2 rings (SSSR count). The van der Waals surface area contributed by atoms with E-state index in [9.17, 15) is 8.42 Å². The first-order valence-electron chi connectivity index (χ1n) is 5.13. The van der Waals surface area contributed by atoms with E-state index < -0.39 is 10.0 Å². The lowest BCUT2D eigenvalue weighted by Crippen LogP contribution is -2.28. The molecule has 2 N–H and O–H groups in total. The summed E-state index contributed by atoms with van der Waals surface area (Å²) in [6, 6.07) is 5.55. The van der Waals surface area contributed by atoms with Crippen molar-refractivity contribution < 1.29 is 13.5 Å². The number of rotatable bonds is 3. The fraction of sp³-hybridized carbons (Fsp3) is 0.455. The van der Waals surface area contributed by atoms with Gasteiger partial charge >= 0.3 is 0 Å². The summed E-state index contributed by atoms with van der Waals surface area (Å²) in [4.78, 5) is 0.188. The molecule has 88 valence electrons. The Labute approximate surface area is 95.4 Å². The molecule has 1 fully saturated rings. The molecule has 4 nitrogen and oxygen atoms in total. The number of nitrogens with one attached hydrogen (secondary N) is 1. The van der Waals surface area contributed by atoms with Crippen molar-refractivity contribution in [2.75, 3.05) is 0 Å². The molecular weight excluding hydrogens is 226 g/mol. The van der Waals surface area contributed by atoms with Gasteiger partial charge in [-0.2, -0.15) is 0 Å². The van der Waals surface area contributed by atoms with Gasteiger partial charge in [0.2, 0.25) is 10.0 Å². The van der Waals surface area contributed by atoms with Gasteiger partial charge in [0.25, 0.3) is 0 Å². The van der Waals surface area contributed by atoms with E-state index in [0.717, 1.165) is 6.42 Å². The topological polar surface area (TPSA) is 66.4 Å². The molecule has 1 unspecified atom stereocenters. The second-order valence-corrected chi connectivity index (χ2v) is 6.57. The van der Waals surface area contributed by atoms with Crippen LogP contribution in [-0.2, 0) is 10.0 Å². The van der Waals surface area contributed by atoms with Crippen molar-refractivity contribution in [3.8, 4) is 5.75 Å². The number of hydrogen-bond acceptors (Lipinski definition) is 3. The van der Waals surface area contributed by atoms with Crippen LogP contribution in [0.3, 0.4) is 0 Å². The zero-order valence-electron chi connectivity index (χ0n) is 9.27. The Kier molecular flexibility index (Phi) is 2.47. The maximum Gasteiger partial charge on any atom is 0.240 e. The smallest absolute Gasteiger partial charge is 0.240 e. The van der Waals surface area contributed by atoms with Gasteiger partial charge in [0.1, 0.15) is 5.75 Å². The Balaban J connectivity index is 2.17. The number of phenols is 1. The summed E-state index contributed by atoms with van der Waals surface area (Å²) < 4.78 is 26.4. The Hall–Kier alpha value is -1.07. The summed E-state index contributed by atoms with van der Waals surface area (Å²) in [7, 11) is -3.45. The molecule has 0 bridgehead atoms. The molecule has 0 saturated heterocycles. The lowest BCUT2D eigenvalue weighted by molar-refractivity contribution is 0.474. The van der Waals surface area contributed by atoms with Crippen LogP contribution in [0.5, 0.6) is 5.75 Å². The molecule has 0 heterocycles. The van der Waals surface area contributed by atoms with E-state index in [1.807, 2.05) is 13.8 Å².